The van der Waals surface area contributed by atoms with Crippen molar-refractivity contribution >= 4 is 5.95 Å². The van der Waals surface area contributed by atoms with Crippen molar-refractivity contribution in [3.8, 4) is 11.3 Å². The fourth-order valence-electron chi connectivity index (χ4n) is 4.50. The van der Waals surface area contributed by atoms with Crippen LogP contribution >= 0.6 is 0 Å². The standard InChI is InChI=1S/C20H15F2N5/c1-10-11-5-7-20(10,16-6-8-24-19(23)25-16)18-12(11)9-15(26-27-18)17-13(21)3-2-4-14(17)22/h2-4,6,8-9,11H,1,5,7H2,(H2,23,24,25)/t11-,20+/m1/s1. The van der Waals surface area contributed by atoms with Crippen molar-refractivity contribution in [3.05, 3.63) is 77.3 Å². The summed E-state index contributed by atoms with van der Waals surface area (Å²) in [5.74, 6) is -1.08. The van der Waals surface area contributed by atoms with Crippen LogP contribution < -0.4 is 5.73 Å². The molecule has 7 heteroatoms. The molecule has 0 saturated heterocycles. The summed E-state index contributed by atoms with van der Waals surface area (Å²) in [5, 5.41) is 8.53. The Bertz CT molecular complexity index is 1090. The lowest BCUT2D eigenvalue weighted by atomic mass is 9.78. The van der Waals surface area contributed by atoms with Gasteiger partial charge < -0.3 is 5.73 Å². The maximum atomic E-state index is 14.2. The molecule has 5 nitrogen and oxygen atoms in total. The molecule has 2 atom stereocenters. The zero-order valence-corrected chi connectivity index (χ0v) is 14.3. The Morgan fingerprint density at radius 3 is 2.67 bits per heavy atom. The van der Waals surface area contributed by atoms with E-state index in [4.69, 9.17) is 5.73 Å². The first-order chi connectivity index (χ1) is 13.0. The highest BCUT2D eigenvalue weighted by Crippen LogP contribution is 2.62. The van der Waals surface area contributed by atoms with E-state index in [1.807, 2.05) is 6.07 Å². The zero-order chi connectivity index (χ0) is 18.8. The second-order valence-corrected chi connectivity index (χ2v) is 6.95. The van der Waals surface area contributed by atoms with Gasteiger partial charge in [0.1, 0.15) is 11.6 Å². The minimum absolute atomic E-state index is 0.0558. The van der Waals surface area contributed by atoms with Crippen LogP contribution in [0.2, 0.25) is 0 Å². The first-order valence-corrected chi connectivity index (χ1v) is 8.63. The molecule has 134 valence electrons. The summed E-state index contributed by atoms with van der Waals surface area (Å²) in [6, 6.07) is 7.29. The minimum atomic E-state index is -0.662. The Hall–Kier alpha value is -3.22. The number of hydrogen-bond acceptors (Lipinski definition) is 5. The van der Waals surface area contributed by atoms with Crippen molar-refractivity contribution < 1.29 is 8.78 Å². The fourth-order valence-corrected chi connectivity index (χ4v) is 4.50. The highest BCUT2D eigenvalue weighted by molar-refractivity contribution is 5.66. The molecule has 0 aliphatic heterocycles. The number of aromatic nitrogens is 4. The average Bonchev–Trinajstić information content (AvgIpc) is 3.11. The molecule has 1 saturated carbocycles. The van der Waals surface area contributed by atoms with E-state index in [9.17, 15) is 8.78 Å². The van der Waals surface area contributed by atoms with Gasteiger partial charge in [0.2, 0.25) is 5.95 Å². The monoisotopic (exact) mass is 363 g/mol. The van der Waals surface area contributed by atoms with Crippen molar-refractivity contribution in [2.24, 2.45) is 0 Å². The number of anilines is 1. The molecular formula is C20H15F2N5. The van der Waals surface area contributed by atoms with Crippen LogP contribution in [0.15, 0.2) is 48.7 Å². The Balaban J connectivity index is 1.71. The molecule has 0 radical (unpaired) electrons. The second kappa shape index (κ2) is 5.39. The van der Waals surface area contributed by atoms with Gasteiger partial charge in [-0.05, 0) is 42.7 Å². The summed E-state index contributed by atoms with van der Waals surface area (Å²) in [6.45, 7) is 4.29. The molecule has 2 aliphatic rings. The van der Waals surface area contributed by atoms with E-state index in [2.05, 4.69) is 26.7 Å². The summed E-state index contributed by atoms with van der Waals surface area (Å²) in [5.41, 5.74) is 8.57. The Kier molecular flexibility index (Phi) is 3.19. The molecule has 1 aromatic carbocycles. The zero-order valence-electron chi connectivity index (χ0n) is 14.3. The Morgan fingerprint density at radius 2 is 1.93 bits per heavy atom. The molecule has 2 bridgehead atoms. The molecule has 2 aliphatic carbocycles. The van der Waals surface area contributed by atoms with Crippen LogP contribution in [0, 0.1) is 11.6 Å². The first kappa shape index (κ1) is 16.0. The van der Waals surface area contributed by atoms with Crippen LogP contribution in [-0.4, -0.2) is 20.2 Å². The molecule has 1 fully saturated rings. The number of halogens is 2. The molecule has 0 unspecified atom stereocenters. The molecule has 27 heavy (non-hydrogen) atoms. The predicted octanol–water partition coefficient (Wildman–Crippen LogP) is 3.53. The lowest BCUT2D eigenvalue weighted by Gasteiger charge is -2.27. The van der Waals surface area contributed by atoms with Crippen molar-refractivity contribution in [2.75, 3.05) is 5.73 Å². The van der Waals surface area contributed by atoms with Crippen LogP contribution in [0.4, 0.5) is 14.7 Å². The largest absolute Gasteiger partial charge is 0.368 e. The lowest BCUT2D eigenvalue weighted by molar-refractivity contribution is 0.554. The predicted molar refractivity (Wildman–Crippen MR) is 95.7 cm³/mol. The van der Waals surface area contributed by atoms with Crippen molar-refractivity contribution in [1.82, 2.24) is 20.2 Å². The van der Waals surface area contributed by atoms with Crippen LogP contribution in [0.25, 0.3) is 11.3 Å². The quantitative estimate of drug-likeness (QED) is 0.705. The van der Waals surface area contributed by atoms with Gasteiger partial charge in [-0.1, -0.05) is 18.2 Å². The van der Waals surface area contributed by atoms with Gasteiger partial charge in [0.15, 0.2) is 0 Å². The number of hydrogen-bond donors (Lipinski definition) is 1. The molecule has 5 rings (SSSR count). The summed E-state index contributed by atoms with van der Waals surface area (Å²) >= 11 is 0. The highest BCUT2D eigenvalue weighted by Gasteiger charge is 2.56. The van der Waals surface area contributed by atoms with E-state index in [0.717, 1.165) is 35.4 Å². The van der Waals surface area contributed by atoms with Crippen LogP contribution in [0.3, 0.4) is 0 Å². The highest BCUT2D eigenvalue weighted by atomic mass is 19.1. The number of nitrogen functional groups attached to an aromatic ring is 1. The van der Waals surface area contributed by atoms with E-state index >= 15 is 0 Å². The third-order valence-electron chi connectivity index (χ3n) is 5.71. The van der Waals surface area contributed by atoms with Gasteiger partial charge in [-0.2, -0.15) is 5.10 Å². The maximum absolute atomic E-state index is 14.2. The van der Waals surface area contributed by atoms with Crippen molar-refractivity contribution in [3.63, 3.8) is 0 Å². The molecule has 2 N–H and O–H groups in total. The van der Waals surface area contributed by atoms with Crippen molar-refractivity contribution in [2.45, 2.75) is 24.2 Å². The maximum Gasteiger partial charge on any atom is 0.220 e. The van der Waals surface area contributed by atoms with Crippen molar-refractivity contribution in [1.29, 1.82) is 0 Å². The number of fused-ring (bicyclic) bond motifs is 5. The fraction of sp³-hybridized carbons (Fsp3) is 0.200. The van der Waals surface area contributed by atoms with E-state index < -0.39 is 17.0 Å². The molecule has 2 aromatic heterocycles. The van der Waals surface area contributed by atoms with Gasteiger partial charge in [-0.3, -0.25) is 0 Å². The molecule has 0 spiro atoms. The molecule has 0 amide bonds. The summed E-state index contributed by atoms with van der Waals surface area (Å²) in [6.07, 6.45) is 3.27. The number of allylic oxidation sites excluding steroid dienone is 1. The number of benzene rings is 1. The normalized spacial score (nSPS) is 22.9. The average molecular weight is 363 g/mol. The third-order valence-corrected chi connectivity index (χ3v) is 5.71. The molecular weight excluding hydrogens is 348 g/mol. The van der Waals surface area contributed by atoms with E-state index in [1.54, 1.807) is 12.3 Å². The summed E-state index contributed by atoms with van der Waals surface area (Å²) in [7, 11) is 0. The van der Waals surface area contributed by atoms with Gasteiger partial charge in [-0.15, -0.1) is 5.10 Å². The number of nitrogens with zero attached hydrogens (tertiary/aromatic N) is 4. The molecule has 2 heterocycles. The summed E-state index contributed by atoms with van der Waals surface area (Å²) < 4.78 is 28.4. The second-order valence-electron chi connectivity index (χ2n) is 6.95. The van der Waals surface area contributed by atoms with E-state index in [-0.39, 0.29) is 23.1 Å². The third kappa shape index (κ3) is 2.02. The van der Waals surface area contributed by atoms with E-state index in [0.29, 0.717) is 0 Å². The Labute approximate surface area is 154 Å². The van der Waals surface area contributed by atoms with E-state index in [1.165, 1.54) is 18.2 Å². The van der Waals surface area contributed by atoms with Gasteiger partial charge in [0.25, 0.3) is 0 Å². The number of rotatable bonds is 2. The first-order valence-electron chi connectivity index (χ1n) is 8.63. The number of nitrogens with two attached hydrogens (primary N) is 1. The van der Waals surface area contributed by atoms with Crippen LogP contribution in [-0.2, 0) is 5.41 Å². The molecule has 3 aromatic rings. The summed E-state index contributed by atoms with van der Waals surface area (Å²) in [4.78, 5) is 8.36. The smallest absolute Gasteiger partial charge is 0.220 e. The van der Waals surface area contributed by atoms with Gasteiger partial charge in [-0.25, -0.2) is 18.7 Å². The minimum Gasteiger partial charge on any atom is -0.368 e. The van der Waals surface area contributed by atoms with Crippen LogP contribution in [0.1, 0.15) is 35.7 Å². The van der Waals surface area contributed by atoms with Gasteiger partial charge >= 0.3 is 0 Å². The topological polar surface area (TPSA) is 77.6 Å². The van der Waals surface area contributed by atoms with Gasteiger partial charge in [0.05, 0.1) is 28.1 Å². The van der Waals surface area contributed by atoms with Gasteiger partial charge in [0, 0.05) is 12.1 Å². The lowest BCUT2D eigenvalue weighted by Crippen LogP contribution is -2.27. The Morgan fingerprint density at radius 1 is 1.15 bits per heavy atom. The SMILES string of the molecule is C=C1[C@H]2CC[C@]1(c1ccnc(N)n1)c1nnc(-c3c(F)cccc3F)cc12. The van der Waals surface area contributed by atoms with Crippen LogP contribution in [0.5, 0.6) is 0 Å².